The van der Waals surface area contributed by atoms with E-state index < -0.39 is 0 Å². The second-order valence-corrected chi connectivity index (χ2v) is 6.11. The lowest BCUT2D eigenvalue weighted by Gasteiger charge is -2.14. The van der Waals surface area contributed by atoms with Gasteiger partial charge in [-0.25, -0.2) is 0 Å². The summed E-state index contributed by atoms with van der Waals surface area (Å²) in [5.41, 5.74) is 8.90. The van der Waals surface area contributed by atoms with Crippen LogP contribution in [0.2, 0.25) is 0 Å². The molecule has 0 fully saturated rings. The van der Waals surface area contributed by atoms with Crippen molar-refractivity contribution in [1.82, 2.24) is 9.78 Å². The number of nitrogens with zero attached hydrogens (tertiary/aromatic N) is 2. The molecule has 1 aromatic carbocycles. The Kier molecular flexibility index (Phi) is 3.24. The first-order valence-electron chi connectivity index (χ1n) is 6.25. The van der Waals surface area contributed by atoms with E-state index in [0.29, 0.717) is 5.25 Å². The van der Waals surface area contributed by atoms with Gasteiger partial charge in [-0.2, -0.15) is 5.10 Å². The normalized spacial score (nSPS) is 21.4. The molecule has 0 saturated heterocycles. The van der Waals surface area contributed by atoms with Crippen molar-refractivity contribution in [1.29, 1.82) is 0 Å². The fourth-order valence-electron chi connectivity index (χ4n) is 2.49. The zero-order valence-electron chi connectivity index (χ0n) is 11.0. The third-order valence-corrected chi connectivity index (χ3v) is 4.75. The van der Waals surface area contributed by atoms with Crippen LogP contribution in [0.4, 0.5) is 0 Å². The molecule has 4 nitrogen and oxygen atoms in total. The minimum atomic E-state index is 0.0512. The van der Waals surface area contributed by atoms with Gasteiger partial charge in [0.15, 0.2) is 0 Å². The number of thioether (sulfide) groups is 1. The second-order valence-electron chi connectivity index (χ2n) is 4.80. The maximum absolute atomic E-state index is 6.37. The van der Waals surface area contributed by atoms with Crippen LogP contribution in [-0.2, 0) is 13.5 Å². The van der Waals surface area contributed by atoms with Gasteiger partial charge in [0, 0.05) is 29.4 Å². The molecule has 0 bridgehead atoms. The first kappa shape index (κ1) is 12.6. The highest BCUT2D eigenvalue weighted by Crippen LogP contribution is 2.41. The van der Waals surface area contributed by atoms with Crippen molar-refractivity contribution in [3.05, 3.63) is 41.7 Å². The Morgan fingerprint density at radius 1 is 1.47 bits per heavy atom. The number of hydrogen-bond donors (Lipinski definition) is 1. The van der Waals surface area contributed by atoms with Gasteiger partial charge in [-0.3, -0.25) is 4.68 Å². The standard InChI is InChI=1S/C14H17N3OS/c1-17-8-11(7-16-17)19-13-5-9-3-4-10(18-2)6-12(9)14(13)15/h3-4,6-8,13-14H,5,15H2,1-2H3. The number of rotatable bonds is 3. The van der Waals surface area contributed by atoms with Gasteiger partial charge >= 0.3 is 0 Å². The largest absolute Gasteiger partial charge is 0.497 e. The molecule has 3 rings (SSSR count). The number of aryl methyl sites for hydroxylation is 1. The molecule has 1 aromatic heterocycles. The molecule has 2 atom stereocenters. The summed E-state index contributed by atoms with van der Waals surface area (Å²) in [6.45, 7) is 0. The van der Waals surface area contributed by atoms with Gasteiger partial charge in [-0.05, 0) is 29.7 Å². The van der Waals surface area contributed by atoms with Crippen LogP contribution in [0.15, 0.2) is 35.5 Å². The number of nitrogens with two attached hydrogens (primary N) is 1. The average Bonchev–Trinajstić information content (AvgIpc) is 2.95. The van der Waals surface area contributed by atoms with E-state index in [1.165, 1.54) is 16.0 Å². The summed E-state index contributed by atoms with van der Waals surface area (Å²) >= 11 is 1.80. The molecular weight excluding hydrogens is 258 g/mol. The topological polar surface area (TPSA) is 53.1 Å². The quantitative estimate of drug-likeness (QED) is 0.932. The number of aromatic nitrogens is 2. The fraction of sp³-hybridized carbons (Fsp3) is 0.357. The highest BCUT2D eigenvalue weighted by Gasteiger charge is 2.31. The molecule has 5 heteroatoms. The van der Waals surface area contributed by atoms with E-state index in [4.69, 9.17) is 10.5 Å². The van der Waals surface area contributed by atoms with Crippen LogP contribution in [0.3, 0.4) is 0 Å². The molecule has 0 radical (unpaired) electrons. The Hall–Kier alpha value is -1.46. The van der Waals surface area contributed by atoms with E-state index in [0.717, 1.165) is 12.2 Å². The zero-order chi connectivity index (χ0) is 13.4. The lowest BCUT2D eigenvalue weighted by Crippen LogP contribution is -2.18. The van der Waals surface area contributed by atoms with Crippen molar-refractivity contribution < 1.29 is 4.74 Å². The first-order chi connectivity index (χ1) is 9.17. The smallest absolute Gasteiger partial charge is 0.119 e. The highest BCUT2D eigenvalue weighted by atomic mass is 32.2. The Morgan fingerprint density at radius 3 is 3.00 bits per heavy atom. The second kappa shape index (κ2) is 4.90. The molecule has 2 N–H and O–H groups in total. The van der Waals surface area contributed by atoms with Gasteiger partial charge in [0.25, 0.3) is 0 Å². The van der Waals surface area contributed by atoms with Gasteiger partial charge in [0.1, 0.15) is 5.75 Å². The number of hydrogen-bond acceptors (Lipinski definition) is 4. The molecule has 0 spiro atoms. The summed E-state index contributed by atoms with van der Waals surface area (Å²) in [4.78, 5) is 1.17. The Morgan fingerprint density at radius 2 is 2.32 bits per heavy atom. The molecule has 1 heterocycles. The molecule has 1 aliphatic rings. The van der Waals surface area contributed by atoms with E-state index in [1.54, 1.807) is 18.9 Å². The van der Waals surface area contributed by atoms with Gasteiger partial charge in [0.2, 0.25) is 0 Å². The van der Waals surface area contributed by atoms with Crippen molar-refractivity contribution >= 4 is 11.8 Å². The zero-order valence-corrected chi connectivity index (χ0v) is 11.9. The number of benzene rings is 1. The summed E-state index contributed by atoms with van der Waals surface area (Å²) in [6, 6.07) is 6.24. The third-order valence-electron chi connectivity index (χ3n) is 3.50. The maximum Gasteiger partial charge on any atom is 0.119 e. The molecule has 2 unspecified atom stereocenters. The number of fused-ring (bicyclic) bond motifs is 1. The van der Waals surface area contributed by atoms with Crippen LogP contribution in [0.25, 0.3) is 0 Å². The number of ether oxygens (including phenoxy) is 1. The van der Waals surface area contributed by atoms with Crippen LogP contribution in [0.5, 0.6) is 5.75 Å². The Balaban J connectivity index is 1.80. The minimum absolute atomic E-state index is 0.0512. The van der Waals surface area contributed by atoms with Crippen molar-refractivity contribution in [2.24, 2.45) is 12.8 Å². The average molecular weight is 275 g/mol. The summed E-state index contributed by atoms with van der Waals surface area (Å²) < 4.78 is 7.09. The van der Waals surface area contributed by atoms with Gasteiger partial charge < -0.3 is 10.5 Å². The highest BCUT2D eigenvalue weighted by molar-refractivity contribution is 8.00. The number of methoxy groups -OCH3 is 1. The van der Waals surface area contributed by atoms with Crippen LogP contribution in [-0.4, -0.2) is 22.1 Å². The van der Waals surface area contributed by atoms with E-state index in [9.17, 15) is 0 Å². The summed E-state index contributed by atoms with van der Waals surface area (Å²) in [6.07, 6.45) is 4.92. The molecule has 1 aliphatic carbocycles. The van der Waals surface area contributed by atoms with Gasteiger partial charge in [0.05, 0.1) is 13.3 Å². The van der Waals surface area contributed by atoms with Crippen molar-refractivity contribution in [3.8, 4) is 5.75 Å². The maximum atomic E-state index is 6.37. The predicted octanol–water partition coefficient (Wildman–Crippen LogP) is 2.15. The monoisotopic (exact) mass is 275 g/mol. The lowest BCUT2D eigenvalue weighted by molar-refractivity contribution is 0.414. The summed E-state index contributed by atoms with van der Waals surface area (Å²) in [5, 5.41) is 4.56. The molecule has 100 valence electrons. The molecule has 2 aromatic rings. The Labute approximate surface area is 116 Å². The molecule has 0 aliphatic heterocycles. The molecule has 0 saturated carbocycles. The Bertz CT molecular complexity index is 596. The minimum Gasteiger partial charge on any atom is -0.497 e. The third kappa shape index (κ3) is 2.35. The van der Waals surface area contributed by atoms with Crippen LogP contribution in [0, 0.1) is 0 Å². The first-order valence-corrected chi connectivity index (χ1v) is 7.13. The van der Waals surface area contributed by atoms with Crippen molar-refractivity contribution in [2.75, 3.05) is 7.11 Å². The van der Waals surface area contributed by atoms with Crippen molar-refractivity contribution in [2.45, 2.75) is 22.6 Å². The van der Waals surface area contributed by atoms with Crippen LogP contribution < -0.4 is 10.5 Å². The van der Waals surface area contributed by atoms with Crippen molar-refractivity contribution in [3.63, 3.8) is 0 Å². The van der Waals surface area contributed by atoms with E-state index in [-0.39, 0.29) is 6.04 Å². The summed E-state index contributed by atoms with van der Waals surface area (Å²) in [5.74, 6) is 0.876. The summed E-state index contributed by atoms with van der Waals surface area (Å²) in [7, 11) is 3.61. The van der Waals surface area contributed by atoms with E-state index in [1.807, 2.05) is 30.2 Å². The van der Waals surface area contributed by atoms with Crippen LogP contribution in [0.1, 0.15) is 17.2 Å². The van der Waals surface area contributed by atoms with Gasteiger partial charge in [-0.15, -0.1) is 11.8 Å². The predicted molar refractivity (Wildman–Crippen MR) is 76.5 cm³/mol. The van der Waals surface area contributed by atoms with Crippen LogP contribution >= 0.6 is 11.8 Å². The molecule has 19 heavy (non-hydrogen) atoms. The SMILES string of the molecule is COc1ccc2c(c1)C(N)C(Sc1cnn(C)c1)C2. The van der Waals surface area contributed by atoms with Gasteiger partial charge in [-0.1, -0.05) is 6.07 Å². The van der Waals surface area contributed by atoms with E-state index >= 15 is 0 Å². The molecular formula is C14H17N3OS. The fourth-order valence-corrected chi connectivity index (χ4v) is 3.72. The lowest BCUT2D eigenvalue weighted by atomic mass is 10.1. The molecule has 0 amide bonds. The van der Waals surface area contributed by atoms with E-state index in [2.05, 4.69) is 17.2 Å².